The Bertz CT molecular complexity index is 439. The van der Waals surface area contributed by atoms with Crippen LogP contribution in [0.1, 0.15) is 11.7 Å². The SMILES string of the molecule is CN1CCOC(c2ccc([N+](=O)[O-])c(F)c2)C1. The van der Waals surface area contributed by atoms with Gasteiger partial charge in [0.25, 0.3) is 0 Å². The summed E-state index contributed by atoms with van der Waals surface area (Å²) >= 11 is 0. The van der Waals surface area contributed by atoms with Gasteiger partial charge in [-0.15, -0.1) is 0 Å². The van der Waals surface area contributed by atoms with Gasteiger partial charge in [0.15, 0.2) is 0 Å². The highest BCUT2D eigenvalue weighted by atomic mass is 19.1. The van der Waals surface area contributed by atoms with Crippen LogP contribution >= 0.6 is 0 Å². The van der Waals surface area contributed by atoms with Gasteiger partial charge >= 0.3 is 5.69 Å². The molecule has 0 aromatic heterocycles. The number of nitrogens with zero attached hydrogens (tertiary/aromatic N) is 2. The van der Waals surface area contributed by atoms with Crippen molar-refractivity contribution in [2.24, 2.45) is 0 Å². The van der Waals surface area contributed by atoms with E-state index in [2.05, 4.69) is 4.90 Å². The Labute approximate surface area is 97.9 Å². The number of morpholine rings is 1. The van der Waals surface area contributed by atoms with Crippen LogP contribution in [0.4, 0.5) is 10.1 Å². The van der Waals surface area contributed by atoms with Crippen LogP contribution in [0.25, 0.3) is 0 Å². The van der Waals surface area contributed by atoms with E-state index in [0.29, 0.717) is 18.7 Å². The van der Waals surface area contributed by atoms with Crippen LogP contribution in [-0.4, -0.2) is 36.6 Å². The Morgan fingerprint density at radius 2 is 2.35 bits per heavy atom. The molecule has 1 unspecified atom stereocenters. The highest BCUT2D eigenvalue weighted by Crippen LogP contribution is 2.26. The molecule has 0 N–H and O–H groups in total. The molecule has 1 atom stereocenters. The van der Waals surface area contributed by atoms with Crippen LogP contribution in [0.2, 0.25) is 0 Å². The predicted molar refractivity (Wildman–Crippen MR) is 59.2 cm³/mol. The van der Waals surface area contributed by atoms with Crippen molar-refractivity contribution in [1.29, 1.82) is 0 Å². The molecular formula is C11H13FN2O3. The second-order valence-electron chi connectivity index (χ2n) is 4.09. The Morgan fingerprint density at radius 1 is 1.59 bits per heavy atom. The maximum Gasteiger partial charge on any atom is 0.304 e. The lowest BCUT2D eigenvalue weighted by molar-refractivity contribution is -0.387. The van der Waals surface area contributed by atoms with E-state index in [0.717, 1.165) is 6.54 Å². The van der Waals surface area contributed by atoms with E-state index in [9.17, 15) is 14.5 Å². The number of nitro groups is 1. The lowest BCUT2D eigenvalue weighted by Gasteiger charge is -2.30. The molecule has 1 saturated heterocycles. The average molecular weight is 240 g/mol. The summed E-state index contributed by atoms with van der Waals surface area (Å²) in [6.07, 6.45) is -0.218. The van der Waals surface area contributed by atoms with Gasteiger partial charge in [0, 0.05) is 19.2 Å². The summed E-state index contributed by atoms with van der Waals surface area (Å²) < 4.78 is 19.0. The van der Waals surface area contributed by atoms with Gasteiger partial charge in [-0.1, -0.05) is 0 Å². The second-order valence-corrected chi connectivity index (χ2v) is 4.09. The molecule has 0 spiro atoms. The summed E-state index contributed by atoms with van der Waals surface area (Å²) in [5.41, 5.74) is 0.137. The number of benzene rings is 1. The van der Waals surface area contributed by atoms with E-state index in [4.69, 9.17) is 4.74 Å². The summed E-state index contributed by atoms with van der Waals surface area (Å²) in [4.78, 5) is 11.8. The van der Waals surface area contributed by atoms with E-state index in [-0.39, 0.29) is 6.10 Å². The summed E-state index contributed by atoms with van der Waals surface area (Å²) in [7, 11) is 1.96. The van der Waals surface area contributed by atoms with Crippen LogP contribution in [0.15, 0.2) is 18.2 Å². The highest BCUT2D eigenvalue weighted by molar-refractivity contribution is 5.36. The van der Waals surface area contributed by atoms with Gasteiger partial charge in [0.1, 0.15) is 0 Å². The lowest BCUT2D eigenvalue weighted by Crippen LogP contribution is -2.35. The Hall–Kier alpha value is -1.53. The maximum absolute atomic E-state index is 13.4. The molecule has 1 fully saturated rings. The fourth-order valence-corrected chi connectivity index (χ4v) is 1.85. The molecule has 2 rings (SSSR count). The number of nitro benzene ring substituents is 1. The molecule has 5 nitrogen and oxygen atoms in total. The van der Waals surface area contributed by atoms with E-state index in [1.165, 1.54) is 12.1 Å². The van der Waals surface area contributed by atoms with Gasteiger partial charge in [0.05, 0.1) is 17.6 Å². The van der Waals surface area contributed by atoms with Crippen molar-refractivity contribution in [2.75, 3.05) is 26.7 Å². The first-order valence-electron chi connectivity index (χ1n) is 5.32. The summed E-state index contributed by atoms with van der Waals surface area (Å²) in [5, 5.41) is 10.5. The zero-order chi connectivity index (χ0) is 12.4. The van der Waals surface area contributed by atoms with Crippen molar-refractivity contribution in [3.63, 3.8) is 0 Å². The van der Waals surface area contributed by atoms with Gasteiger partial charge in [-0.05, 0) is 24.7 Å². The third-order valence-corrected chi connectivity index (χ3v) is 2.81. The third kappa shape index (κ3) is 2.59. The molecule has 0 bridgehead atoms. The summed E-state index contributed by atoms with van der Waals surface area (Å²) in [5.74, 6) is -0.815. The molecule has 0 amide bonds. The molecule has 1 aliphatic rings. The number of hydrogen-bond acceptors (Lipinski definition) is 4. The first-order valence-corrected chi connectivity index (χ1v) is 5.32. The van der Waals surface area contributed by atoms with Crippen molar-refractivity contribution >= 4 is 5.69 Å². The first-order chi connectivity index (χ1) is 8.08. The molecule has 0 radical (unpaired) electrons. The van der Waals surface area contributed by atoms with Crippen LogP contribution < -0.4 is 0 Å². The monoisotopic (exact) mass is 240 g/mol. The van der Waals surface area contributed by atoms with E-state index in [1.54, 1.807) is 6.07 Å². The van der Waals surface area contributed by atoms with Gasteiger partial charge < -0.3 is 9.64 Å². The van der Waals surface area contributed by atoms with Crippen molar-refractivity contribution in [1.82, 2.24) is 4.90 Å². The van der Waals surface area contributed by atoms with Crippen LogP contribution in [0.5, 0.6) is 0 Å². The number of hydrogen-bond donors (Lipinski definition) is 0. The van der Waals surface area contributed by atoms with Gasteiger partial charge in [-0.25, -0.2) is 0 Å². The van der Waals surface area contributed by atoms with Crippen LogP contribution in [0.3, 0.4) is 0 Å². The quantitative estimate of drug-likeness (QED) is 0.583. The van der Waals surface area contributed by atoms with Gasteiger partial charge in [0.2, 0.25) is 5.82 Å². The lowest BCUT2D eigenvalue weighted by atomic mass is 10.1. The van der Waals surface area contributed by atoms with E-state index in [1.807, 2.05) is 7.05 Å². The topological polar surface area (TPSA) is 55.6 Å². The van der Waals surface area contributed by atoms with Gasteiger partial charge in [-0.3, -0.25) is 10.1 Å². The average Bonchev–Trinajstić information content (AvgIpc) is 2.28. The summed E-state index contributed by atoms with van der Waals surface area (Å²) in [6, 6.07) is 3.91. The minimum atomic E-state index is -0.815. The second kappa shape index (κ2) is 4.77. The van der Waals surface area contributed by atoms with E-state index < -0.39 is 16.4 Å². The van der Waals surface area contributed by atoms with E-state index >= 15 is 0 Å². The predicted octanol–water partition coefficient (Wildman–Crippen LogP) is 1.74. The van der Waals surface area contributed by atoms with Crippen molar-refractivity contribution < 1.29 is 14.1 Å². The molecule has 0 aliphatic carbocycles. The number of rotatable bonds is 2. The minimum absolute atomic E-state index is 0.218. The number of halogens is 1. The van der Waals surface area contributed by atoms with Crippen LogP contribution in [0, 0.1) is 15.9 Å². The standard InChI is InChI=1S/C11H13FN2O3/c1-13-4-5-17-11(7-13)8-2-3-10(14(15)16)9(12)6-8/h2-3,6,11H,4-5,7H2,1H3. The first kappa shape index (κ1) is 11.9. The molecule has 1 heterocycles. The fraction of sp³-hybridized carbons (Fsp3) is 0.455. The molecule has 92 valence electrons. The molecular weight excluding hydrogens is 227 g/mol. The molecule has 6 heteroatoms. The normalized spacial score (nSPS) is 21.4. The van der Waals surface area contributed by atoms with Crippen LogP contribution in [-0.2, 0) is 4.74 Å². The molecule has 17 heavy (non-hydrogen) atoms. The zero-order valence-corrected chi connectivity index (χ0v) is 9.43. The highest BCUT2D eigenvalue weighted by Gasteiger charge is 2.22. The molecule has 1 aromatic carbocycles. The van der Waals surface area contributed by atoms with Crippen molar-refractivity contribution in [3.8, 4) is 0 Å². The third-order valence-electron chi connectivity index (χ3n) is 2.81. The molecule has 0 saturated carbocycles. The smallest absolute Gasteiger partial charge is 0.304 e. The molecule has 1 aliphatic heterocycles. The fourth-order valence-electron chi connectivity index (χ4n) is 1.85. The minimum Gasteiger partial charge on any atom is -0.371 e. The number of likely N-dealkylation sites (N-methyl/N-ethyl adjacent to an activating group) is 1. The summed E-state index contributed by atoms with van der Waals surface area (Å²) in [6.45, 7) is 2.09. The number of ether oxygens (including phenoxy) is 1. The largest absolute Gasteiger partial charge is 0.371 e. The van der Waals surface area contributed by atoms with Gasteiger partial charge in [-0.2, -0.15) is 4.39 Å². The molecule has 1 aromatic rings. The van der Waals surface area contributed by atoms with Crippen molar-refractivity contribution in [3.05, 3.63) is 39.7 Å². The zero-order valence-electron chi connectivity index (χ0n) is 9.43. The Kier molecular flexibility index (Phi) is 3.35. The Morgan fingerprint density at radius 3 is 2.94 bits per heavy atom. The Balaban J connectivity index is 2.22. The van der Waals surface area contributed by atoms with Crippen molar-refractivity contribution in [2.45, 2.75) is 6.10 Å². The maximum atomic E-state index is 13.4.